The molecule has 1 fully saturated rings. The second-order valence-corrected chi connectivity index (χ2v) is 6.76. The van der Waals surface area contributed by atoms with Crippen LogP contribution in [0.15, 0.2) is 29.1 Å². The number of benzene rings is 1. The standard InChI is InChI=1S/C18H27N3O2/c1-3-20-16-6-4-5-7-17(16)21(18(20)23)13-15(22)12-19-10-8-14(2)9-11-19/h4-7,14-15,22H,3,8-13H2,1-2H3/t15-/m1/s1. The second-order valence-electron chi connectivity index (χ2n) is 6.76. The first-order valence-corrected chi connectivity index (χ1v) is 8.68. The number of aliphatic hydroxyl groups is 1. The Morgan fingerprint density at radius 1 is 1.13 bits per heavy atom. The van der Waals surface area contributed by atoms with E-state index in [0.717, 1.165) is 30.0 Å². The van der Waals surface area contributed by atoms with Crippen LogP contribution in [-0.4, -0.2) is 44.9 Å². The molecule has 1 aliphatic heterocycles. The second kappa shape index (κ2) is 6.89. The molecule has 1 N–H and O–H groups in total. The Labute approximate surface area is 137 Å². The van der Waals surface area contributed by atoms with E-state index in [4.69, 9.17) is 0 Å². The van der Waals surface area contributed by atoms with Crippen molar-refractivity contribution in [3.63, 3.8) is 0 Å². The first kappa shape index (κ1) is 16.3. The summed E-state index contributed by atoms with van der Waals surface area (Å²) in [5, 5.41) is 10.5. The molecule has 1 aromatic heterocycles. The molecule has 0 aliphatic carbocycles. The van der Waals surface area contributed by atoms with Crippen molar-refractivity contribution < 1.29 is 5.11 Å². The van der Waals surface area contributed by atoms with Gasteiger partial charge in [-0.05, 0) is 50.9 Å². The summed E-state index contributed by atoms with van der Waals surface area (Å²) in [6.45, 7) is 8.00. The number of hydrogen-bond acceptors (Lipinski definition) is 3. The zero-order chi connectivity index (χ0) is 16.4. The molecular weight excluding hydrogens is 290 g/mol. The molecule has 1 aromatic carbocycles. The van der Waals surface area contributed by atoms with Crippen molar-refractivity contribution in [3.8, 4) is 0 Å². The van der Waals surface area contributed by atoms with E-state index in [1.54, 1.807) is 9.13 Å². The average Bonchev–Trinajstić information content (AvgIpc) is 2.81. The molecule has 23 heavy (non-hydrogen) atoms. The van der Waals surface area contributed by atoms with Gasteiger partial charge in [-0.15, -0.1) is 0 Å². The monoisotopic (exact) mass is 317 g/mol. The molecule has 0 unspecified atom stereocenters. The lowest BCUT2D eigenvalue weighted by molar-refractivity contribution is 0.0801. The smallest absolute Gasteiger partial charge is 0.329 e. The highest BCUT2D eigenvalue weighted by Crippen LogP contribution is 2.17. The zero-order valence-electron chi connectivity index (χ0n) is 14.1. The van der Waals surface area contributed by atoms with Crippen LogP contribution >= 0.6 is 0 Å². The summed E-state index contributed by atoms with van der Waals surface area (Å²) >= 11 is 0. The molecule has 1 aliphatic rings. The van der Waals surface area contributed by atoms with E-state index < -0.39 is 6.10 Å². The molecule has 126 valence electrons. The minimum Gasteiger partial charge on any atom is -0.390 e. The Balaban J connectivity index is 1.76. The lowest BCUT2D eigenvalue weighted by atomic mass is 9.99. The third kappa shape index (κ3) is 3.35. The molecule has 0 spiro atoms. The van der Waals surface area contributed by atoms with E-state index in [1.807, 2.05) is 31.2 Å². The normalized spacial score (nSPS) is 18.6. The third-order valence-corrected chi connectivity index (χ3v) is 4.98. The molecule has 1 saturated heterocycles. The number of aliphatic hydroxyl groups excluding tert-OH is 1. The number of aryl methyl sites for hydroxylation is 1. The first-order chi connectivity index (χ1) is 11.1. The Hall–Kier alpha value is -1.59. The van der Waals surface area contributed by atoms with Crippen molar-refractivity contribution in [3.05, 3.63) is 34.7 Å². The van der Waals surface area contributed by atoms with E-state index in [2.05, 4.69) is 11.8 Å². The molecule has 0 bridgehead atoms. The molecule has 3 rings (SSSR count). The first-order valence-electron chi connectivity index (χ1n) is 8.68. The van der Waals surface area contributed by atoms with Gasteiger partial charge in [0.1, 0.15) is 0 Å². The largest absolute Gasteiger partial charge is 0.390 e. The fourth-order valence-electron chi connectivity index (χ4n) is 3.57. The average molecular weight is 317 g/mol. The highest BCUT2D eigenvalue weighted by molar-refractivity contribution is 5.75. The predicted molar refractivity (Wildman–Crippen MR) is 92.7 cm³/mol. The summed E-state index contributed by atoms with van der Waals surface area (Å²) < 4.78 is 3.49. The van der Waals surface area contributed by atoms with Crippen LogP contribution in [-0.2, 0) is 13.1 Å². The minimum atomic E-state index is -0.516. The number of likely N-dealkylation sites (tertiary alicyclic amines) is 1. The number of β-amino-alcohol motifs (C(OH)–C–C–N with tert-alkyl or cyclic N) is 1. The third-order valence-electron chi connectivity index (χ3n) is 4.98. The number of piperidine rings is 1. The number of fused-ring (bicyclic) bond motifs is 1. The zero-order valence-corrected chi connectivity index (χ0v) is 14.1. The van der Waals surface area contributed by atoms with Gasteiger partial charge in [-0.3, -0.25) is 9.13 Å². The van der Waals surface area contributed by atoms with Crippen LogP contribution in [0.3, 0.4) is 0 Å². The van der Waals surface area contributed by atoms with Crippen molar-refractivity contribution >= 4 is 11.0 Å². The van der Waals surface area contributed by atoms with Crippen molar-refractivity contribution in [2.75, 3.05) is 19.6 Å². The Morgan fingerprint density at radius 3 is 2.35 bits per heavy atom. The van der Waals surface area contributed by atoms with Crippen LogP contribution in [0.2, 0.25) is 0 Å². The van der Waals surface area contributed by atoms with E-state index in [9.17, 15) is 9.90 Å². The number of nitrogens with zero attached hydrogens (tertiary/aromatic N) is 3. The number of para-hydroxylation sites is 2. The highest BCUT2D eigenvalue weighted by Gasteiger charge is 2.20. The Morgan fingerprint density at radius 2 is 1.74 bits per heavy atom. The molecule has 2 aromatic rings. The van der Waals surface area contributed by atoms with Gasteiger partial charge in [-0.2, -0.15) is 0 Å². The summed E-state index contributed by atoms with van der Waals surface area (Å²) in [7, 11) is 0. The molecule has 0 saturated carbocycles. The van der Waals surface area contributed by atoms with Crippen LogP contribution in [0.25, 0.3) is 11.0 Å². The van der Waals surface area contributed by atoms with Gasteiger partial charge >= 0.3 is 5.69 Å². The van der Waals surface area contributed by atoms with Gasteiger partial charge in [-0.25, -0.2) is 4.79 Å². The van der Waals surface area contributed by atoms with Gasteiger partial charge < -0.3 is 10.0 Å². The summed E-state index contributed by atoms with van der Waals surface area (Å²) in [6, 6.07) is 7.81. The van der Waals surface area contributed by atoms with Crippen LogP contribution < -0.4 is 5.69 Å². The Kier molecular flexibility index (Phi) is 4.87. The quantitative estimate of drug-likeness (QED) is 0.916. The number of aromatic nitrogens is 2. The van der Waals surface area contributed by atoms with Gasteiger partial charge in [0.15, 0.2) is 0 Å². The number of imidazole rings is 1. The summed E-state index contributed by atoms with van der Waals surface area (Å²) in [4.78, 5) is 14.9. The lowest BCUT2D eigenvalue weighted by Crippen LogP contribution is -2.40. The predicted octanol–water partition coefficient (Wildman–Crippen LogP) is 1.92. The molecule has 0 amide bonds. The summed E-state index contributed by atoms with van der Waals surface area (Å²) in [5.74, 6) is 0.786. The van der Waals surface area contributed by atoms with Gasteiger partial charge in [0.25, 0.3) is 0 Å². The molecule has 5 nitrogen and oxygen atoms in total. The van der Waals surface area contributed by atoms with Crippen LogP contribution in [0.5, 0.6) is 0 Å². The van der Waals surface area contributed by atoms with E-state index in [1.165, 1.54) is 12.8 Å². The van der Waals surface area contributed by atoms with Crippen molar-refractivity contribution in [2.45, 2.75) is 45.9 Å². The molecule has 5 heteroatoms. The van der Waals surface area contributed by atoms with Crippen molar-refractivity contribution in [1.82, 2.24) is 14.0 Å². The van der Waals surface area contributed by atoms with E-state index >= 15 is 0 Å². The Bertz CT molecular complexity index is 711. The maximum Gasteiger partial charge on any atom is 0.329 e. The van der Waals surface area contributed by atoms with Crippen LogP contribution in [0.1, 0.15) is 26.7 Å². The van der Waals surface area contributed by atoms with Gasteiger partial charge in [0, 0.05) is 13.1 Å². The number of rotatable bonds is 5. The number of hydrogen-bond donors (Lipinski definition) is 1. The SMILES string of the molecule is CCn1c(=O)n(C[C@H](O)CN2CCC(C)CC2)c2ccccc21. The molecule has 2 heterocycles. The van der Waals surface area contributed by atoms with Crippen molar-refractivity contribution in [1.29, 1.82) is 0 Å². The molecule has 0 radical (unpaired) electrons. The summed E-state index contributed by atoms with van der Waals surface area (Å²) in [5.41, 5.74) is 1.82. The molecular formula is C18H27N3O2. The lowest BCUT2D eigenvalue weighted by Gasteiger charge is -2.31. The van der Waals surface area contributed by atoms with Gasteiger partial charge in [0.2, 0.25) is 0 Å². The highest BCUT2D eigenvalue weighted by atomic mass is 16.3. The maximum atomic E-state index is 12.6. The van der Waals surface area contributed by atoms with E-state index in [0.29, 0.717) is 19.6 Å². The summed E-state index contributed by atoms with van der Waals surface area (Å²) in [6.07, 6.45) is 1.88. The van der Waals surface area contributed by atoms with Gasteiger partial charge in [0.05, 0.1) is 23.7 Å². The van der Waals surface area contributed by atoms with Crippen molar-refractivity contribution in [2.24, 2.45) is 5.92 Å². The fourth-order valence-corrected chi connectivity index (χ4v) is 3.57. The van der Waals surface area contributed by atoms with Gasteiger partial charge in [-0.1, -0.05) is 19.1 Å². The minimum absolute atomic E-state index is 0.0278. The maximum absolute atomic E-state index is 12.6. The molecule has 1 atom stereocenters. The van der Waals surface area contributed by atoms with Crippen LogP contribution in [0.4, 0.5) is 0 Å². The fraction of sp³-hybridized carbons (Fsp3) is 0.611. The topological polar surface area (TPSA) is 50.4 Å². The van der Waals surface area contributed by atoms with Crippen LogP contribution in [0, 0.1) is 5.92 Å². The van der Waals surface area contributed by atoms with E-state index in [-0.39, 0.29) is 5.69 Å².